The van der Waals surface area contributed by atoms with E-state index in [1.807, 2.05) is 13.8 Å². The highest BCUT2D eigenvalue weighted by atomic mass is 32.2. The molecule has 1 aliphatic rings. The third kappa shape index (κ3) is 4.59. The zero-order valence-electron chi connectivity index (χ0n) is 14.7. The first-order chi connectivity index (χ1) is 11.8. The van der Waals surface area contributed by atoms with Gasteiger partial charge in [0.1, 0.15) is 11.9 Å². The summed E-state index contributed by atoms with van der Waals surface area (Å²) in [6.07, 6.45) is 1.20. The molecule has 1 aromatic rings. The Balaban J connectivity index is 2.19. The highest BCUT2D eigenvalue weighted by molar-refractivity contribution is 7.92. The van der Waals surface area contributed by atoms with Crippen LogP contribution in [0.25, 0.3) is 0 Å². The maximum absolute atomic E-state index is 13.0. The largest absolute Gasteiger partial charge is 0.463 e. The number of benzene rings is 1. The Kier molecular flexibility index (Phi) is 6.59. The number of rotatable bonds is 8. The molecule has 0 radical (unpaired) electrons. The third-order valence-corrected chi connectivity index (χ3v) is 6.53. The molecule has 25 heavy (non-hydrogen) atoms. The van der Waals surface area contributed by atoms with Gasteiger partial charge in [-0.1, -0.05) is 38.5 Å². The Labute approximate surface area is 149 Å². The minimum absolute atomic E-state index is 0.0499. The van der Waals surface area contributed by atoms with Crippen LogP contribution in [0.3, 0.4) is 0 Å². The topological polar surface area (TPSA) is 89.9 Å². The van der Waals surface area contributed by atoms with Gasteiger partial charge in [0.15, 0.2) is 15.6 Å². The number of hydrogen-bond acceptors (Lipinski definition) is 6. The fourth-order valence-electron chi connectivity index (χ4n) is 3.12. The lowest BCUT2D eigenvalue weighted by Gasteiger charge is -2.28. The Morgan fingerprint density at radius 2 is 1.96 bits per heavy atom. The van der Waals surface area contributed by atoms with Crippen LogP contribution in [0.15, 0.2) is 35.2 Å². The number of esters is 1. The molecule has 3 atom stereocenters. The molecule has 2 unspecified atom stereocenters. The summed E-state index contributed by atoms with van der Waals surface area (Å²) in [5.74, 6) is -2.12. The van der Waals surface area contributed by atoms with Crippen molar-refractivity contribution < 1.29 is 27.8 Å². The molecule has 140 valence electrons. The Morgan fingerprint density at radius 1 is 1.28 bits per heavy atom. The number of carbonyl (C=O) groups is 1. The van der Waals surface area contributed by atoms with E-state index in [1.165, 1.54) is 12.1 Å². The summed E-state index contributed by atoms with van der Waals surface area (Å²) in [5.41, 5.74) is 0. The molecule has 6 nitrogen and oxygen atoms in total. The summed E-state index contributed by atoms with van der Waals surface area (Å²) in [7, 11) is -3.77. The zero-order valence-corrected chi connectivity index (χ0v) is 15.5. The van der Waals surface area contributed by atoms with Crippen molar-refractivity contribution in [2.24, 2.45) is 0 Å². The van der Waals surface area contributed by atoms with Gasteiger partial charge in [0.25, 0.3) is 0 Å². The quantitative estimate of drug-likeness (QED) is 0.707. The van der Waals surface area contributed by atoms with Crippen molar-refractivity contribution in [2.45, 2.75) is 68.0 Å². The molecule has 2 rings (SSSR count). The second kappa shape index (κ2) is 8.29. The van der Waals surface area contributed by atoms with Crippen molar-refractivity contribution in [3.8, 4) is 0 Å². The van der Waals surface area contributed by atoms with Crippen LogP contribution in [0.2, 0.25) is 0 Å². The van der Waals surface area contributed by atoms with E-state index >= 15 is 0 Å². The number of aliphatic hydroxyl groups is 1. The van der Waals surface area contributed by atoms with Gasteiger partial charge in [-0.05, 0) is 25.0 Å². The van der Waals surface area contributed by atoms with Crippen LogP contribution < -0.4 is 0 Å². The molecular weight excluding hydrogens is 344 g/mol. The first-order valence-corrected chi connectivity index (χ1v) is 10.2. The number of hydrogen-bond donors (Lipinski definition) is 1. The fraction of sp³-hybridized carbons (Fsp3) is 0.611. The van der Waals surface area contributed by atoms with E-state index in [0.29, 0.717) is 19.3 Å². The monoisotopic (exact) mass is 370 g/mol. The fourth-order valence-corrected chi connectivity index (χ4v) is 5.11. The molecule has 1 heterocycles. The molecule has 0 amide bonds. The van der Waals surface area contributed by atoms with Gasteiger partial charge >= 0.3 is 5.97 Å². The second-order valence-corrected chi connectivity index (χ2v) is 8.48. The molecular formula is C18H26O6S. The van der Waals surface area contributed by atoms with Crippen molar-refractivity contribution >= 4 is 15.8 Å². The lowest BCUT2D eigenvalue weighted by atomic mass is 10.1. The molecule has 0 saturated carbocycles. The molecule has 0 aromatic heterocycles. The standard InChI is InChI=1S/C18H26O6S/c1-3-8-17(19)23-13-14-12-16(18(20,24-14)11-4-2)25(21,22)15-9-6-5-7-10-15/h5-7,9-10,14,16,20H,3-4,8,11-13H2,1-2H3/t14-,16?,18?/m1/s1. The Hall–Kier alpha value is -1.44. The van der Waals surface area contributed by atoms with Gasteiger partial charge < -0.3 is 14.6 Å². The molecule has 1 aliphatic heterocycles. The number of ether oxygens (including phenoxy) is 2. The van der Waals surface area contributed by atoms with Crippen LogP contribution in [0.1, 0.15) is 46.0 Å². The van der Waals surface area contributed by atoms with E-state index in [-0.39, 0.29) is 30.3 Å². The van der Waals surface area contributed by atoms with Gasteiger partial charge in [-0.15, -0.1) is 0 Å². The van der Waals surface area contributed by atoms with Crippen molar-refractivity contribution in [1.82, 2.24) is 0 Å². The summed E-state index contributed by atoms with van der Waals surface area (Å²) < 4.78 is 36.7. The molecule has 1 fully saturated rings. The van der Waals surface area contributed by atoms with Crippen LogP contribution in [-0.4, -0.2) is 43.2 Å². The maximum atomic E-state index is 13.0. The van der Waals surface area contributed by atoms with Gasteiger partial charge in [-0.3, -0.25) is 4.79 Å². The molecule has 0 spiro atoms. The van der Waals surface area contributed by atoms with Gasteiger partial charge in [0.2, 0.25) is 0 Å². The number of sulfone groups is 1. The van der Waals surface area contributed by atoms with Crippen LogP contribution in [0, 0.1) is 0 Å². The predicted molar refractivity (Wildman–Crippen MR) is 92.6 cm³/mol. The molecule has 1 aromatic carbocycles. The van der Waals surface area contributed by atoms with Crippen LogP contribution in [-0.2, 0) is 24.1 Å². The minimum Gasteiger partial charge on any atom is -0.463 e. The molecule has 1 saturated heterocycles. The zero-order chi connectivity index (χ0) is 18.5. The SMILES string of the molecule is CCCC(=O)OC[C@H]1CC(S(=O)(=O)c2ccccc2)C(O)(CCC)O1. The lowest BCUT2D eigenvalue weighted by molar-refractivity contribution is -0.203. The normalized spacial score (nSPS) is 26.5. The average Bonchev–Trinajstić information content (AvgIpc) is 2.92. The van der Waals surface area contributed by atoms with Crippen molar-refractivity contribution in [3.05, 3.63) is 30.3 Å². The maximum Gasteiger partial charge on any atom is 0.305 e. The van der Waals surface area contributed by atoms with E-state index < -0.39 is 27.0 Å². The number of carbonyl (C=O) groups excluding carboxylic acids is 1. The molecule has 0 bridgehead atoms. The summed E-state index contributed by atoms with van der Waals surface area (Å²) in [5, 5.41) is 9.76. The molecule has 7 heteroatoms. The lowest BCUT2D eigenvalue weighted by Crippen LogP contribution is -2.43. The minimum atomic E-state index is -3.77. The predicted octanol–water partition coefficient (Wildman–Crippen LogP) is 2.45. The average molecular weight is 370 g/mol. The van der Waals surface area contributed by atoms with E-state index in [9.17, 15) is 18.3 Å². The van der Waals surface area contributed by atoms with Crippen molar-refractivity contribution in [3.63, 3.8) is 0 Å². The Bertz CT molecular complexity index is 672. The smallest absolute Gasteiger partial charge is 0.305 e. The Morgan fingerprint density at radius 3 is 2.56 bits per heavy atom. The summed E-state index contributed by atoms with van der Waals surface area (Å²) in [4.78, 5) is 11.7. The van der Waals surface area contributed by atoms with Crippen molar-refractivity contribution in [2.75, 3.05) is 6.61 Å². The van der Waals surface area contributed by atoms with Crippen LogP contribution >= 0.6 is 0 Å². The summed E-state index contributed by atoms with van der Waals surface area (Å²) in [6, 6.07) is 8.04. The first kappa shape index (κ1) is 19.9. The van der Waals surface area contributed by atoms with Crippen LogP contribution in [0.4, 0.5) is 0 Å². The van der Waals surface area contributed by atoms with Gasteiger partial charge in [0.05, 0.1) is 11.0 Å². The molecule has 1 N–H and O–H groups in total. The van der Waals surface area contributed by atoms with Gasteiger partial charge in [-0.25, -0.2) is 8.42 Å². The highest BCUT2D eigenvalue weighted by Gasteiger charge is 2.53. The summed E-state index contributed by atoms with van der Waals surface area (Å²) in [6.45, 7) is 3.67. The van der Waals surface area contributed by atoms with E-state index in [1.54, 1.807) is 18.2 Å². The molecule has 0 aliphatic carbocycles. The van der Waals surface area contributed by atoms with Crippen molar-refractivity contribution in [1.29, 1.82) is 0 Å². The first-order valence-electron chi connectivity index (χ1n) is 8.68. The van der Waals surface area contributed by atoms with Gasteiger partial charge in [0, 0.05) is 12.8 Å². The third-order valence-electron chi connectivity index (χ3n) is 4.29. The van der Waals surface area contributed by atoms with Crippen LogP contribution in [0.5, 0.6) is 0 Å². The van der Waals surface area contributed by atoms with E-state index in [4.69, 9.17) is 9.47 Å². The highest BCUT2D eigenvalue weighted by Crippen LogP contribution is 2.39. The van der Waals surface area contributed by atoms with E-state index in [2.05, 4.69) is 0 Å². The van der Waals surface area contributed by atoms with Gasteiger partial charge in [-0.2, -0.15) is 0 Å². The summed E-state index contributed by atoms with van der Waals surface area (Å²) >= 11 is 0. The van der Waals surface area contributed by atoms with E-state index in [0.717, 1.165) is 0 Å². The second-order valence-electron chi connectivity index (χ2n) is 6.35.